The molecule has 1 nitrogen and oxygen atoms in total. The highest BCUT2D eigenvalue weighted by Gasteiger charge is 2.02. The van der Waals surface area contributed by atoms with E-state index in [0.717, 1.165) is 10.0 Å². The van der Waals surface area contributed by atoms with E-state index in [1.807, 2.05) is 30.3 Å². The van der Waals surface area contributed by atoms with Crippen LogP contribution >= 0.6 is 27.5 Å². The minimum Gasteiger partial charge on any atom is -0.193 e. The first-order valence-electron chi connectivity index (χ1n) is 3.67. The molecule has 0 N–H and O–H groups in total. The Hall–Kier alpha value is -0.780. The molecule has 0 aliphatic carbocycles. The number of benzene rings is 1. The smallest absolute Gasteiger partial charge is 0.0959 e. The molecule has 0 radical (unpaired) electrons. The van der Waals surface area contributed by atoms with Crippen LogP contribution in [0.4, 0.5) is 0 Å². The van der Waals surface area contributed by atoms with Gasteiger partial charge in [0.25, 0.3) is 0 Å². The van der Waals surface area contributed by atoms with E-state index in [-0.39, 0.29) is 0 Å². The van der Waals surface area contributed by atoms with Gasteiger partial charge in [-0.2, -0.15) is 5.26 Å². The Balaban J connectivity index is 3.18. The van der Waals surface area contributed by atoms with Gasteiger partial charge in [0.15, 0.2) is 0 Å². The van der Waals surface area contributed by atoms with Crippen molar-refractivity contribution in [3.8, 4) is 6.07 Å². The Morgan fingerprint density at radius 2 is 2.23 bits per heavy atom. The lowest BCUT2D eigenvalue weighted by Crippen LogP contribution is -1.80. The summed E-state index contributed by atoms with van der Waals surface area (Å²) in [5, 5.41) is 9.14. The van der Waals surface area contributed by atoms with E-state index in [1.54, 1.807) is 6.92 Å². The van der Waals surface area contributed by atoms with Crippen LogP contribution in [0.25, 0.3) is 5.03 Å². The topological polar surface area (TPSA) is 23.8 Å². The van der Waals surface area contributed by atoms with Crippen molar-refractivity contribution in [2.24, 2.45) is 0 Å². The molecule has 1 aromatic carbocycles. The maximum Gasteiger partial charge on any atom is 0.0959 e. The van der Waals surface area contributed by atoms with Crippen molar-refractivity contribution in [1.82, 2.24) is 0 Å². The molecule has 0 atom stereocenters. The van der Waals surface area contributed by atoms with Gasteiger partial charge in [-0.05, 0) is 24.6 Å². The van der Waals surface area contributed by atoms with Crippen molar-refractivity contribution in [3.63, 3.8) is 0 Å². The van der Waals surface area contributed by atoms with E-state index >= 15 is 0 Å². The predicted molar refractivity (Wildman–Crippen MR) is 58.2 cm³/mol. The van der Waals surface area contributed by atoms with Crippen LogP contribution in [0.15, 0.2) is 34.3 Å². The van der Waals surface area contributed by atoms with Gasteiger partial charge in [0.05, 0.1) is 11.1 Å². The lowest BCUT2D eigenvalue weighted by molar-refractivity contribution is 1.45. The fraction of sp³-hybridized carbons (Fsp3) is 0.100. The third kappa shape index (κ3) is 2.58. The molecule has 0 fully saturated rings. The molecule has 0 heterocycles. The number of halogens is 2. The number of allylic oxidation sites excluding steroid dienone is 1. The monoisotopic (exact) mass is 255 g/mol. The van der Waals surface area contributed by atoms with Crippen molar-refractivity contribution in [2.45, 2.75) is 6.92 Å². The highest BCUT2D eigenvalue weighted by Crippen LogP contribution is 2.24. The molecular formula is C10H7BrClN. The summed E-state index contributed by atoms with van der Waals surface area (Å²) < 4.78 is 0.953. The Bertz CT molecular complexity index is 390. The van der Waals surface area contributed by atoms with E-state index in [9.17, 15) is 0 Å². The first kappa shape index (κ1) is 10.3. The highest BCUT2D eigenvalue weighted by atomic mass is 79.9. The molecule has 0 saturated carbocycles. The molecule has 0 aliphatic heterocycles. The first-order valence-corrected chi connectivity index (χ1v) is 4.84. The summed E-state index contributed by atoms with van der Waals surface area (Å²) in [5.74, 6) is 0. The van der Waals surface area contributed by atoms with Gasteiger partial charge in [0.1, 0.15) is 0 Å². The van der Waals surface area contributed by atoms with Gasteiger partial charge in [-0.3, -0.25) is 0 Å². The second kappa shape index (κ2) is 4.45. The second-order valence-electron chi connectivity index (χ2n) is 2.56. The SMILES string of the molecule is CC(C#N)=C(Cl)c1cccc(Br)c1. The molecule has 1 rings (SSSR count). The van der Waals surface area contributed by atoms with Crippen LogP contribution in [-0.4, -0.2) is 0 Å². The van der Waals surface area contributed by atoms with Gasteiger partial charge >= 0.3 is 0 Å². The molecule has 13 heavy (non-hydrogen) atoms. The summed E-state index contributed by atoms with van der Waals surface area (Å²) in [7, 11) is 0. The molecule has 66 valence electrons. The third-order valence-corrected chi connectivity index (χ3v) is 2.57. The van der Waals surface area contributed by atoms with Crippen molar-refractivity contribution in [1.29, 1.82) is 5.26 Å². The maximum absolute atomic E-state index is 8.63. The fourth-order valence-electron chi connectivity index (χ4n) is 0.891. The molecule has 0 saturated heterocycles. The van der Waals surface area contributed by atoms with Crippen LogP contribution in [0.1, 0.15) is 12.5 Å². The van der Waals surface area contributed by atoms with Crippen molar-refractivity contribution in [3.05, 3.63) is 39.9 Å². The number of nitrogens with zero attached hydrogens (tertiary/aromatic N) is 1. The molecule has 0 amide bonds. The average Bonchev–Trinajstić information content (AvgIpc) is 2.15. The molecule has 0 aromatic heterocycles. The predicted octanol–water partition coefficient (Wildman–Crippen LogP) is 3.94. The minimum atomic E-state index is 0.504. The zero-order valence-corrected chi connectivity index (χ0v) is 9.35. The molecule has 0 aliphatic rings. The van der Waals surface area contributed by atoms with E-state index in [2.05, 4.69) is 15.9 Å². The van der Waals surface area contributed by atoms with Gasteiger partial charge in [-0.1, -0.05) is 39.7 Å². The Morgan fingerprint density at radius 1 is 1.54 bits per heavy atom. The number of nitriles is 1. The standard InChI is InChI=1S/C10H7BrClN/c1-7(6-13)10(12)8-3-2-4-9(11)5-8/h2-5H,1H3. The number of hydrogen-bond donors (Lipinski definition) is 0. The van der Waals surface area contributed by atoms with Gasteiger partial charge in [-0.25, -0.2) is 0 Å². The van der Waals surface area contributed by atoms with Crippen LogP contribution < -0.4 is 0 Å². The third-order valence-electron chi connectivity index (χ3n) is 1.58. The van der Waals surface area contributed by atoms with Gasteiger partial charge in [0, 0.05) is 10.0 Å². The average molecular weight is 257 g/mol. The zero-order valence-electron chi connectivity index (χ0n) is 7.01. The lowest BCUT2D eigenvalue weighted by Gasteiger charge is -2.00. The maximum atomic E-state index is 8.63. The van der Waals surface area contributed by atoms with E-state index in [1.165, 1.54) is 0 Å². The molecule has 1 aromatic rings. The van der Waals surface area contributed by atoms with Crippen molar-refractivity contribution in [2.75, 3.05) is 0 Å². The quantitative estimate of drug-likeness (QED) is 0.698. The van der Waals surface area contributed by atoms with Crippen LogP contribution in [0.2, 0.25) is 0 Å². The van der Waals surface area contributed by atoms with Crippen molar-refractivity contribution >= 4 is 32.6 Å². The Morgan fingerprint density at radius 3 is 2.77 bits per heavy atom. The molecule has 0 spiro atoms. The minimum absolute atomic E-state index is 0.504. The highest BCUT2D eigenvalue weighted by molar-refractivity contribution is 9.10. The first-order chi connectivity index (χ1) is 6.15. The molecular weight excluding hydrogens is 249 g/mol. The van der Waals surface area contributed by atoms with Crippen molar-refractivity contribution < 1.29 is 0 Å². The Kier molecular flexibility index (Phi) is 3.53. The van der Waals surface area contributed by atoms with Crippen LogP contribution in [0.3, 0.4) is 0 Å². The van der Waals surface area contributed by atoms with Gasteiger partial charge in [-0.15, -0.1) is 0 Å². The summed E-state index contributed by atoms with van der Waals surface area (Å²) in [5.41, 5.74) is 1.38. The van der Waals surface area contributed by atoms with Gasteiger partial charge < -0.3 is 0 Å². The fourth-order valence-corrected chi connectivity index (χ4v) is 1.45. The zero-order chi connectivity index (χ0) is 9.84. The normalized spacial score (nSPS) is 11.8. The van der Waals surface area contributed by atoms with E-state index < -0.39 is 0 Å². The number of hydrogen-bond acceptors (Lipinski definition) is 1. The summed E-state index contributed by atoms with van der Waals surface area (Å²) in [6.45, 7) is 1.70. The summed E-state index contributed by atoms with van der Waals surface area (Å²) in [4.78, 5) is 0. The van der Waals surface area contributed by atoms with Crippen LogP contribution in [0, 0.1) is 11.3 Å². The summed E-state index contributed by atoms with van der Waals surface area (Å²) in [6.07, 6.45) is 0. The largest absolute Gasteiger partial charge is 0.193 e. The van der Waals surface area contributed by atoms with Crippen LogP contribution in [0.5, 0.6) is 0 Å². The summed E-state index contributed by atoms with van der Waals surface area (Å²) >= 11 is 9.30. The van der Waals surface area contributed by atoms with Crippen LogP contribution in [-0.2, 0) is 0 Å². The van der Waals surface area contributed by atoms with Gasteiger partial charge in [0.2, 0.25) is 0 Å². The molecule has 0 unspecified atom stereocenters. The van der Waals surface area contributed by atoms with E-state index in [0.29, 0.717) is 10.6 Å². The number of rotatable bonds is 1. The Labute approximate surface area is 90.8 Å². The second-order valence-corrected chi connectivity index (χ2v) is 3.85. The van der Waals surface area contributed by atoms with E-state index in [4.69, 9.17) is 16.9 Å². The molecule has 3 heteroatoms. The summed E-state index contributed by atoms with van der Waals surface area (Å²) in [6, 6.07) is 9.56. The molecule has 0 bridgehead atoms. The lowest BCUT2D eigenvalue weighted by atomic mass is 10.1.